The minimum Gasteiger partial charge on any atom is -0.456 e. The molecule has 0 saturated carbocycles. The molecule has 0 N–H and O–H groups in total. The summed E-state index contributed by atoms with van der Waals surface area (Å²) in [4.78, 5) is 4.99. The molecule has 0 saturated heterocycles. The largest absolute Gasteiger partial charge is 0.456 e. The van der Waals surface area contributed by atoms with Crippen LogP contribution in [0.25, 0.3) is 75.5 Å². The minimum atomic E-state index is -0.0194. The zero-order chi connectivity index (χ0) is 33.4. The maximum atomic E-state index is 6.40. The van der Waals surface area contributed by atoms with Crippen molar-refractivity contribution in [2.45, 2.75) is 25.8 Å². The second-order valence-corrected chi connectivity index (χ2v) is 15.0. The first kappa shape index (κ1) is 29.2. The van der Waals surface area contributed by atoms with E-state index in [0.29, 0.717) is 6.54 Å². The highest BCUT2D eigenvalue weighted by Crippen LogP contribution is 2.49. The SMILES string of the molecule is CC1(C)c2ccccc2-c2ccc(CN=Cc3cccc4oc5ccc(-c6cccc7sc8ccc(-c9ccccc9)cc8c67)cc5c34)cc21. The van der Waals surface area contributed by atoms with Gasteiger partial charge in [0.15, 0.2) is 0 Å². The summed E-state index contributed by atoms with van der Waals surface area (Å²) in [6.45, 7) is 5.27. The number of benzene rings is 7. The van der Waals surface area contributed by atoms with Gasteiger partial charge in [-0.2, -0.15) is 0 Å². The molecule has 0 aliphatic heterocycles. The first-order valence-electron chi connectivity index (χ1n) is 17.2. The number of rotatable bonds is 5. The fourth-order valence-corrected chi connectivity index (χ4v) is 9.22. The maximum Gasteiger partial charge on any atom is 0.136 e. The Morgan fingerprint density at radius 2 is 1.34 bits per heavy atom. The van der Waals surface area contributed by atoms with Crippen molar-refractivity contribution < 1.29 is 4.42 Å². The summed E-state index contributed by atoms with van der Waals surface area (Å²) in [5.41, 5.74) is 14.4. The lowest BCUT2D eigenvalue weighted by Gasteiger charge is -2.21. The van der Waals surface area contributed by atoms with Gasteiger partial charge in [-0.1, -0.05) is 123 Å². The predicted molar refractivity (Wildman–Crippen MR) is 213 cm³/mol. The normalized spacial score (nSPS) is 13.6. The molecule has 0 spiro atoms. The molecule has 0 atom stereocenters. The van der Waals surface area contributed by atoms with E-state index in [1.165, 1.54) is 70.2 Å². The molecule has 7 aromatic carbocycles. The van der Waals surface area contributed by atoms with Crippen LogP contribution in [0.4, 0.5) is 0 Å². The summed E-state index contributed by atoms with van der Waals surface area (Å²) in [5.74, 6) is 0. The van der Waals surface area contributed by atoms with Crippen LogP contribution >= 0.6 is 11.3 Å². The zero-order valence-electron chi connectivity index (χ0n) is 27.9. The van der Waals surface area contributed by atoms with Gasteiger partial charge >= 0.3 is 0 Å². The molecule has 50 heavy (non-hydrogen) atoms. The molecule has 238 valence electrons. The summed E-state index contributed by atoms with van der Waals surface area (Å²) < 4.78 is 9.00. The van der Waals surface area contributed by atoms with Gasteiger partial charge in [0.2, 0.25) is 0 Å². The van der Waals surface area contributed by atoms with Gasteiger partial charge in [0.05, 0.1) is 6.54 Å². The van der Waals surface area contributed by atoms with E-state index < -0.39 is 0 Å². The van der Waals surface area contributed by atoms with Crippen LogP contribution in [0.1, 0.15) is 36.1 Å². The van der Waals surface area contributed by atoms with Crippen LogP contribution in [0.2, 0.25) is 0 Å². The quantitative estimate of drug-likeness (QED) is 0.169. The third kappa shape index (κ3) is 4.51. The Bertz CT molecular complexity index is 2820. The third-order valence-corrected chi connectivity index (χ3v) is 11.7. The molecular weight excluding hydrogens is 627 g/mol. The minimum absolute atomic E-state index is 0.0194. The van der Waals surface area contributed by atoms with Gasteiger partial charge in [-0.15, -0.1) is 11.3 Å². The monoisotopic (exact) mass is 659 g/mol. The van der Waals surface area contributed by atoms with Crippen LogP contribution in [0.3, 0.4) is 0 Å². The summed E-state index contributed by atoms with van der Waals surface area (Å²) in [6, 6.07) is 52.7. The number of furan rings is 1. The molecule has 2 aromatic heterocycles. The van der Waals surface area contributed by atoms with Crippen molar-refractivity contribution in [2.24, 2.45) is 4.99 Å². The van der Waals surface area contributed by atoms with Crippen LogP contribution < -0.4 is 0 Å². The topological polar surface area (TPSA) is 25.5 Å². The number of fused-ring (bicyclic) bond motifs is 9. The number of hydrogen-bond donors (Lipinski definition) is 0. The Labute approximate surface area is 295 Å². The lowest BCUT2D eigenvalue weighted by molar-refractivity contribution is 0.659. The van der Waals surface area contributed by atoms with Crippen molar-refractivity contribution >= 4 is 59.7 Å². The van der Waals surface area contributed by atoms with Crippen molar-refractivity contribution in [3.8, 4) is 33.4 Å². The molecule has 0 bridgehead atoms. The van der Waals surface area contributed by atoms with Crippen LogP contribution in [0.5, 0.6) is 0 Å². The highest BCUT2D eigenvalue weighted by Gasteiger charge is 2.35. The maximum absolute atomic E-state index is 6.40. The van der Waals surface area contributed by atoms with Crippen molar-refractivity contribution in [3.05, 3.63) is 168 Å². The summed E-state index contributed by atoms with van der Waals surface area (Å²) in [5, 5.41) is 4.82. The number of thiophene rings is 1. The summed E-state index contributed by atoms with van der Waals surface area (Å²) >= 11 is 1.86. The predicted octanol–water partition coefficient (Wildman–Crippen LogP) is 13.2. The Kier molecular flexibility index (Phi) is 6.49. The van der Waals surface area contributed by atoms with Crippen LogP contribution in [0, 0.1) is 0 Å². The summed E-state index contributed by atoms with van der Waals surface area (Å²) in [7, 11) is 0. The zero-order valence-corrected chi connectivity index (χ0v) is 28.7. The van der Waals surface area contributed by atoms with E-state index in [2.05, 4.69) is 159 Å². The van der Waals surface area contributed by atoms with E-state index in [1.807, 2.05) is 17.6 Å². The van der Waals surface area contributed by atoms with Crippen LogP contribution in [-0.4, -0.2) is 6.21 Å². The number of aliphatic imine (C=N–C) groups is 1. The van der Waals surface area contributed by atoms with E-state index >= 15 is 0 Å². The summed E-state index contributed by atoms with van der Waals surface area (Å²) in [6.07, 6.45) is 2.02. The van der Waals surface area contributed by atoms with E-state index in [9.17, 15) is 0 Å². The smallest absolute Gasteiger partial charge is 0.136 e. The molecule has 0 radical (unpaired) electrons. The van der Waals surface area contributed by atoms with Gasteiger partial charge < -0.3 is 4.42 Å². The second kappa shape index (κ2) is 11.1. The van der Waals surface area contributed by atoms with Gasteiger partial charge in [-0.25, -0.2) is 0 Å². The molecule has 3 heteroatoms. The van der Waals surface area contributed by atoms with E-state index in [-0.39, 0.29) is 5.41 Å². The van der Waals surface area contributed by atoms with E-state index in [1.54, 1.807) is 0 Å². The van der Waals surface area contributed by atoms with Crippen molar-refractivity contribution in [1.82, 2.24) is 0 Å². The van der Waals surface area contributed by atoms with Gasteiger partial charge in [-0.3, -0.25) is 4.99 Å². The van der Waals surface area contributed by atoms with Crippen LogP contribution in [0.15, 0.2) is 155 Å². The molecule has 1 aliphatic rings. The van der Waals surface area contributed by atoms with E-state index in [0.717, 1.165) is 27.5 Å². The highest BCUT2D eigenvalue weighted by molar-refractivity contribution is 7.26. The molecule has 2 nitrogen and oxygen atoms in total. The molecule has 9 aromatic rings. The van der Waals surface area contributed by atoms with Crippen molar-refractivity contribution in [1.29, 1.82) is 0 Å². The Balaban J connectivity index is 1.03. The van der Waals surface area contributed by atoms with Gasteiger partial charge in [-0.05, 0) is 86.5 Å². The molecule has 0 fully saturated rings. The highest BCUT2D eigenvalue weighted by atomic mass is 32.1. The van der Waals surface area contributed by atoms with Gasteiger partial charge in [0, 0.05) is 48.1 Å². The van der Waals surface area contributed by atoms with Crippen LogP contribution in [-0.2, 0) is 12.0 Å². The number of nitrogens with zero attached hydrogens (tertiary/aromatic N) is 1. The standard InChI is InChI=1S/C47H33NOS/c1-47(2)39-15-7-6-13-35(39)36-21-18-29(24-40(36)47)27-48-28-33-12-8-16-42-45(33)37-26-32(19-22-41(37)49-42)34-14-9-17-44-46(34)38-25-31(20-23-43(38)50-44)30-10-4-3-5-11-30/h3-26,28H,27H2,1-2H3. The first-order chi connectivity index (χ1) is 24.5. The average molecular weight is 660 g/mol. The fourth-order valence-electron chi connectivity index (χ4n) is 8.11. The Hall–Kier alpha value is -5.77. The second-order valence-electron chi connectivity index (χ2n) is 13.9. The van der Waals surface area contributed by atoms with Gasteiger partial charge in [0.1, 0.15) is 11.2 Å². The third-order valence-electron chi connectivity index (χ3n) is 10.6. The Morgan fingerprint density at radius 3 is 2.26 bits per heavy atom. The lowest BCUT2D eigenvalue weighted by atomic mass is 9.82. The molecule has 2 heterocycles. The molecular formula is C47H33NOS. The fraction of sp³-hybridized carbons (Fsp3) is 0.0851. The average Bonchev–Trinajstić information content (AvgIpc) is 3.79. The van der Waals surface area contributed by atoms with Crippen molar-refractivity contribution in [2.75, 3.05) is 0 Å². The lowest BCUT2D eigenvalue weighted by Crippen LogP contribution is -2.15. The molecule has 0 unspecified atom stereocenters. The molecule has 1 aliphatic carbocycles. The Morgan fingerprint density at radius 1 is 0.560 bits per heavy atom. The first-order valence-corrected chi connectivity index (χ1v) is 18.0. The van der Waals surface area contributed by atoms with Crippen molar-refractivity contribution in [3.63, 3.8) is 0 Å². The number of hydrogen-bond acceptors (Lipinski definition) is 3. The molecule has 0 amide bonds. The van der Waals surface area contributed by atoms with E-state index in [4.69, 9.17) is 9.41 Å². The van der Waals surface area contributed by atoms with Gasteiger partial charge in [0.25, 0.3) is 0 Å². The molecule has 10 rings (SSSR count).